The second-order valence-corrected chi connectivity index (χ2v) is 10.9. The van der Waals surface area contributed by atoms with Gasteiger partial charge in [-0.1, -0.05) is 48.5 Å². The third kappa shape index (κ3) is 4.63. The standard InChI is InChI=1S/C29H31N5O3/c35-25(17-30-28(37)29-14-19-11-20(15-29)13-21(12-19)16-29)31-32-27(36)24-18-34(23-9-5-2-6-10-23)33-26(24)22-7-3-1-4-8-22/h1-10,18-21H,11-17H2,(H,30,37)(H,31,35)(H,32,36). The number of para-hydroxylation sites is 1. The number of hydrogen-bond donors (Lipinski definition) is 3. The van der Waals surface area contributed by atoms with Crippen LogP contribution >= 0.6 is 0 Å². The number of amides is 3. The molecule has 0 aliphatic heterocycles. The summed E-state index contributed by atoms with van der Waals surface area (Å²) < 4.78 is 1.64. The van der Waals surface area contributed by atoms with E-state index in [9.17, 15) is 14.4 Å². The second-order valence-electron chi connectivity index (χ2n) is 10.9. The normalized spacial score (nSPS) is 25.5. The molecule has 0 unspecified atom stereocenters. The van der Waals surface area contributed by atoms with Crippen molar-refractivity contribution in [2.45, 2.75) is 38.5 Å². The van der Waals surface area contributed by atoms with Gasteiger partial charge < -0.3 is 5.32 Å². The van der Waals surface area contributed by atoms with Crippen LogP contribution in [0.25, 0.3) is 16.9 Å². The molecule has 4 aliphatic rings. The van der Waals surface area contributed by atoms with Crippen molar-refractivity contribution in [3.05, 3.63) is 72.4 Å². The SMILES string of the molecule is O=C(CNC(=O)C12CC3CC(CC(C3)C1)C2)NNC(=O)c1cn(-c2ccccc2)nc1-c1ccccc1. The van der Waals surface area contributed by atoms with Gasteiger partial charge in [-0.2, -0.15) is 5.10 Å². The summed E-state index contributed by atoms with van der Waals surface area (Å²) in [6, 6.07) is 18.9. The van der Waals surface area contributed by atoms with E-state index in [0.29, 0.717) is 29.0 Å². The average molecular weight is 498 g/mol. The van der Waals surface area contributed by atoms with Crippen LogP contribution in [0.1, 0.15) is 48.9 Å². The van der Waals surface area contributed by atoms with Crippen molar-refractivity contribution in [1.82, 2.24) is 25.9 Å². The Morgan fingerprint density at radius 3 is 2.05 bits per heavy atom. The molecule has 8 nitrogen and oxygen atoms in total. The van der Waals surface area contributed by atoms with Crippen molar-refractivity contribution in [2.24, 2.45) is 23.2 Å². The zero-order chi connectivity index (χ0) is 25.4. The first-order valence-corrected chi connectivity index (χ1v) is 13.1. The molecule has 0 spiro atoms. The van der Waals surface area contributed by atoms with Gasteiger partial charge in [-0.3, -0.25) is 25.2 Å². The van der Waals surface area contributed by atoms with E-state index in [1.807, 2.05) is 60.7 Å². The Bertz CT molecular complexity index is 1280. The van der Waals surface area contributed by atoms with Crippen LogP contribution in [0.5, 0.6) is 0 Å². The predicted molar refractivity (Wildman–Crippen MR) is 138 cm³/mol. The molecule has 37 heavy (non-hydrogen) atoms. The molecule has 4 fully saturated rings. The van der Waals surface area contributed by atoms with Crippen LogP contribution in [-0.4, -0.2) is 34.0 Å². The maximum atomic E-state index is 13.1. The Morgan fingerprint density at radius 1 is 0.838 bits per heavy atom. The van der Waals surface area contributed by atoms with Crippen molar-refractivity contribution in [2.75, 3.05) is 6.54 Å². The topological polar surface area (TPSA) is 105 Å². The lowest BCUT2D eigenvalue weighted by Gasteiger charge is -2.55. The molecule has 4 saturated carbocycles. The van der Waals surface area contributed by atoms with Gasteiger partial charge in [0.15, 0.2) is 0 Å². The van der Waals surface area contributed by atoms with Gasteiger partial charge in [-0.05, 0) is 68.4 Å². The van der Waals surface area contributed by atoms with Gasteiger partial charge in [0.2, 0.25) is 5.91 Å². The van der Waals surface area contributed by atoms with Crippen LogP contribution in [0, 0.1) is 23.2 Å². The molecule has 7 rings (SSSR count). The van der Waals surface area contributed by atoms with Crippen LogP contribution in [0.2, 0.25) is 0 Å². The molecule has 190 valence electrons. The quantitative estimate of drug-likeness (QED) is 0.452. The van der Waals surface area contributed by atoms with Gasteiger partial charge in [-0.15, -0.1) is 0 Å². The van der Waals surface area contributed by atoms with E-state index in [-0.39, 0.29) is 17.9 Å². The molecule has 1 aromatic heterocycles. The minimum Gasteiger partial charge on any atom is -0.346 e. The summed E-state index contributed by atoms with van der Waals surface area (Å²) in [6.45, 7) is -0.171. The monoisotopic (exact) mass is 497 g/mol. The highest BCUT2D eigenvalue weighted by Crippen LogP contribution is 2.60. The third-order valence-electron chi connectivity index (χ3n) is 8.27. The molecule has 0 radical (unpaired) electrons. The molecule has 4 aliphatic carbocycles. The zero-order valence-electron chi connectivity index (χ0n) is 20.7. The molecule has 1 heterocycles. The average Bonchev–Trinajstić information content (AvgIpc) is 3.36. The Hall–Kier alpha value is -3.94. The number of nitrogens with zero attached hydrogens (tertiary/aromatic N) is 2. The molecule has 4 bridgehead atoms. The summed E-state index contributed by atoms with van der Waals surface area (Å²) in [5.41, 5.74) is 7.06. The number of carbonyl (C=O) groups excluding carboxylic acids is 3. The van der Waals surface area contributed by atoms with E-state index in [0.717, 1.165) is 30.5 Å². The van der Waals surface area contributed by atoms with E-state index in [1.54, 1.807) is 10.9 Å². The smallest absolute Gasteiger partial charge is 0.273 e. The molecule has 3 amide bonds. The fourth-order valence-corrected chi connectivity index (χ4v) is 7.04. The van der Waals surface area contributed by atoms with Gasteiger partial charge in [0.05, 0.1) is 17.8 Å². The number of benzene rings is 2. The van der Waals surface area contributed by atoms with Crippen LogP contribution in [0.4, 0.5) is 0 Å². The summed E-state index contributed by atoms with van der Waals surface area (Å²) >= 11 is 0. The van der Waals surface area contributed by atoms with Crippen molar-refractivity contribution in [3.8, 4) is 16.9 Å². The van der Waals surface area contributed by atoms with Gasteiger partial charge in [0.25, 0.3) is 11.8 Å². The van der Waals surface area contributed by atoms with Crippen molar-refractivity contribution in [3.63, 3.8) is 0 Å². The largest absolute Gasteiger partial charge is 0.346 e. The maximum Gasteiger partial charge on any atom is 0.273 e. The molecule has 3 N–H and O–H groups in total. The molecule has 0 atom stereocenters. The van der Waals surface area contributed by atoms with Crippen LogP contribution < -0.4 is 16.2 Å². The first-order chi connectivity index (χ1) is 18.0. The van der Waals surface area contributed by atoms with E-state index in [1.165, 1.54) is 19.3 Å². The number of carbonyl (C=O) groups is 3. The Morgan fingerprint density at radius 2 is 1.43 bits per heavy atom. The third-order valence-corrected chi connectivity index (χ3v) is 8.27. The van der Waals surface area contributed by atoms with E-state index < -0.39 is 11.8 Å². The number of hydrazine groups is 1. The Labute approximate surface area is 215 Å². The van der Waals surface area contributed by atoms with Crippen molar-refractivity contribution >= 4 is 17.7 Å². The first kappa shape index (κ1) is 23.5. The molecule has 3 aromatic rings. The lowest BCUT2D eigenvalue weighted by Crippen LogP contribution is -2.55. The molecular formula is C29H31N5O3. The maximum absolute atomic E-state index is 13.1. The van der Waals surface area contributed by atoms with Crippen LogP contribution in [0.15, 0.2) is 66.9 Å². The highest BCUT2D eigenvalue weighted by Gasteiger charge is 2.54. The van der Waals surface area contributed by atoms with Gasteiger partial charge in [0, 0.05) is 17.2 Å². The predicted octanol–water partition coefficient (Wildman–Crippen LogP) is 3.63. The molecular weight excluding hydrogens is 466 g/mol. The van der Waals surface area contributed by atoms with Crippen LogP contribution in [0.3, 0.4) is 0 Å². The lowest BCUT2D eigenvalue weighted by molar-refractivity contribution is -0.147. The van der Waals surface area contributed by atoms with E-state index >= 15 is 0 Å². The van der Waals surface area contributed by atoms with Gasteiger partial charge >= 0.3 is 0 Å². The lowest BCUT2D eigenvalue weighted by atomic mass is 9.49. The summed E-state index contributed by atoms with van der Waals surface area (Å²) in [7, 11) is 0. The molecule has 2 aromatic carbocycles. The first-order valence-electron chi connectivity index (χ1n) is 13.1. The summed E-state index contributed by atoms with van der Waals surface area (Å²) in [4.78, 5) is 38.7. The fourth-order valence-electron chi connectivity index (χ4n) is 7.04. The van der Waals surface area contributed by atoms with E-state index in [2.05, 4.69) is 21.3 Å². The Kier molecular flexibility index (Phi) is 6.02. The van der Waals surface area contributed by atoms with E-state index in [4.69, 9.17) is 0 Å². The minimum atomic E-state index is -0.484. The zero-order valence-corrected chi connectivity index (χ0v) is 20.7. The number of aromatic nitrogens is 2. The van der Waals surface area contributed by atoms with Crippen molar-refractivity contribution in [1.29, 1.82) is 0 Å². The summed E-state index contributed by atoms with van der Waals surface area (Å²) in [6.07, 6.45) is 8.24. The highest BCUT2D eigenvalue weighted by atomic mass is 16.2. The fraction of sp³-hybridized carbons (Fsp3) is 0.379. The number of hydrogen-bond acceptors (Lipinski definition) is 4. The van der Waals surface area contributed by atoms with Gasteiger partial charge in [0.1, 0.15) is 5.69 Å². The number of rotatable bonds is 6. The second kappa shape index (κ2) is 9.50. The summed E-state index contributed by atoms with van der Waals surface area (Å²) in [5, 5.41) is 7.48. The Balaban J connectivity index is 1.10. The highest BCUT2D eigenvalue weighted by molar-refractivity contribution is 6.01. The summed E-state index contributed by atoms with van der Waals surface area (Å²) in [5.74, 6) is 0.996. The van der Waals surface area contributed by atoms with Crippen molar-refractivity contribution < 1.29 is 14.4 Å². The minimum absolute atomic E-state index is 0.0106. The van der Waals surface area contributed by atoms with Crippen LogP contribution in [-0.2, 0) is 9.59 Å². The molecule has 0 saturated heterocycles. The number of nitrogens with one attached hydrogen (secondary N) is 3. The molecule has 8 heteroatoms. The van der Waals surface area contributed by atoms with Gasteiger partial charge in [-0.25, -0.2) is 4.68 Å².